The molecule has 1 saturated heterocycles. The number of amides is 2. The summed E-state index contributed by atoms with van der Waals surface area (Å²) >= 11 is 0. The fourth-order valence-electron chi connectivity index (χ4n) is 3.79. The van der Waals surface area contributed by atoms with Gasteiger partial charge in [-0.2, -0.15) is 4.98 Å². The Bertz CT molecular complexity index is 1050. The van der Waals surface area contributed by atoms with Crippen LogP contribution in [0.2, 0.25) is 0 Å². The molecule has 31 heavy (non-hydrogen) atoms. The predicted octanol–water partition coefficient (Wildman–Crippen LogP) is 2.92. The Hall–Kier alpha value is -3.55. The van der Waals surface area contributed by atoms with Crippen LogP contribution in [-0.4, -0.2) is 36.4 Å². The molecule has 2 aromatic carbocycles. The molecule has 0 unspecified atom stereocenters. The number of hydrazine groups is 1. The van der Waals surface area contributed by atoms with Crippen LogP contribution in [0.4, 0.5) is 11.7 Å². The molecule has 1 aliphatic heterocycles. The van der Waals surface area contributed by atoms with Crippen molar-refractivity contribution in [2.45, 2.75) is 26.7 Å². The highest BCUT2D eigenvalue weighted by atomic mass is 16.4. The first-order chi connectivity index (χ1) is 15.0. The molecule has 1 aliphatic rings. The molecule has 0 saturated carbocycles. The normalized spacial score (nSPS) is 14.5. The topological polar surface area (TPSA) is 99.5 Å². The summed E-state index contributed by atoms with van der Waals surface area (Å²) < 4.78 is 5.81. The van der Waals surface area contributed by atoms with Gasteiger partial charge < -0.3 is 14.6 Å². The zero-order chi connectivity index (χ0) is 21.8. The SMILES string of the molecule is Cc1ccc(NCC(=O)NNC(=O)C2CCN(c3nc4ccccc4o3)CC2)c(C)c1. The Labute approximate surface area is 181 Å². The number of nitrogens with one attached hydrogen (secondary N) is 3. The molecule has 2 heterocycles. The number of benzene rings is 2. The molecular formula is C23H27N5O3. The van der Waals surface area contributed by atoms with Crippen molar-refractivity contribution >= 4 is 34.6 Å². The second kappa shape index (κ2) is 9.07. The van der Waals surface area contributed by atoms with E-state index in [4.69, 9.17) is 4.42 Å². The van der Waals surface area contributed by atoms with Gasteiger partial charge in [-0.1, -0.05) is 29.8 Å². The first-order valence-electron chi connectivity index (χ1n) is 10.5. The third-order valence-corrected chi connectivity index (χ3v) is 5.57. The van der Waals surface area contributed by atoms with Crippen LogP contribution in [-0.2, 0) is 9.59 Å². The predicted molar refractivity (Wildman–Crippen MR) is 120 cm³/mol. The van der Waals surface area contributed by atoms with E-state index in [1.165, 1.54) is 5.56 Å². The molecule has 0 radical (unpaired) electrons. The van der Waals surface area contributed by atoms with Crippen molar-refractivity contribution in [1.82, 2.24) is 15.8 Å². The van der Waals surface area contributed by atoms with E-state index in [9.17, 15) is 9.59 Å². The minimum absolute atomic E-state index is 0.0837. The Morgan fingerprint density at radius 1 is 1.10 bits per heavy atom. The highest BCUT2D eigenvalue weighted by Gasteiger charge is 2.27. The average Bonchev–Trinajstić information content (AvgIpc) is 3.21. The van der Waals surface area contributed by atoms with Crippen molar-refractivity contribution in [2.75, 3.05) is 29.9 Å². The molecule has 2 amide bonds. The summed E-state index contributed by atoms with van der Waals surface area (Å²) in [5.74, 6) is -0.623. The smallest absolute Gasteiger partial charge is 0.298 e. The largest absolute Gasteiger partial charge is 0.423 e. The lowest BCUT2D eigenvalue weighted by molar-refractivity contribution is -0.131. The highest BCUT2D eigenvalue weighted by Crippen LogP contribution is 2.26. The van der Waals surface area contributed by atoms with Crippen LogP contribution in [0, 0.1) is 19.8 Å². The van der Waals surface area contributed by atoms with Crippen LogP contribution < -0.4 is 21.1 Å². The molecule has 8 heteroatoms. The molecule has 1 aromatic heterocycles. The number of fused-ring (bicyclic) bond motifs is 1. The number of piperidine rings is 1. The summed E-state index contributed by atoms with van der Waals surface area (Å²) in [7, 11) is 0. The summed E-state index contributed by atoms with van der Waals surface area (Å²) in [6, 6.07) is 14.2. The molecule has 4 rings (SSSR count). The maximum absolute atomic E-state index is 12.4. The van der Waals surface area contributed by atoms with E-state index in [-0.39, 0.29) is 24.3 Å². The number of oxazole rings is 1. The van der Waals surface area contributed by atoms with Crippen LogP contribution in [0.3, 0.4) is 0 Å². The molecule has 0 atom stereocenters. The second-order valence-corrected chi connectivity index (χ2v) is 7.93. The molecule has 0 bridgehead atoms. The first-order valence-corrected chi connectivity index (χ1v) is 10.5. The molecule has 0 aliphatic carbocycles. The molecule has 3 aromatic rings. The minimum Gasteiger partial charge on any atom is -0.423 e. The van der Waals surface area contributed by atoms with E-state index in [0.29, 0.717) is 31.9 Å². The van der Waals surface area contributed by atoms with E-state index in [1.807, 2.05) is 50.2 Å². The average molecular weight is 422 g/mol. The fourth-order valence-corrected chi connectivity index (χ4v) is 3.79. The van der Waals surface area contributed by atoms with Gasteiger partial charge in [0, 0.05) is 24.7 Å². The van der Waals surface area contributed by atoms with Gasteiger partial charge in [0.05, 0.1) is 6.54 Å². The van der Waals surface area contributed by atoms with Gasteiger partial charge in [0.2, 0.25) is 5.91 Å². The molecule has 1 fully saturated rings. The standard InChI is InChI=1S/C23H27N5O3/c1-15-7-8-18(16(2)13-15)24-14-21(29)26-27-22(30)17-9-11-28(12-10-17)23-25-19-5-3-4-6-20(19)31-23/h3-8,13,17,24H,9-12,14H2,1-2H3,(H,26,29)(H,27,30). The number of aryl methyl sites for hydroxylation is 2. The Balaban J connectivity index is 1.21. The molecule has 0 spiro atoms. The number of para-hydroxylation sites is 2. The lowest BCUT2D eigenvalue weighted by atomic mass is 9.96. The summed E-state index contributed by atoms with van der Waals surface area (Å²) in [5.41, 5.74) is 9.78. The summed E-state index contributed by atoms with van der Waals surface area (Å²) in [6.45, 7) is 5.44. The number of anilines is 2. The van der Waals surface area contributed by atoms with Gasteiger partial charge in [0.25, 0.3) is 11.9 Å². The van der Waals surface area contributed by atoms with Crippen molar-refractivity contribution in [3.05, 3.63) is 53.6 Å². The Morgan fingerprint density at radius 3 is 2.61 bits per heavy atom. The molecule has 3 N–H and O–H groups in total. The maximum Gasteiger partial charge on any atom is 0.298 e. The van der Waals surface area contributed by atoms with Crippen LogP contribution in [0.1, 0.15) is 24.0 Å². The number of aromatic nitrogens is 1. The highest BCUT2D eigenvalue weighted by molar-refractivity contribution is 5.85. The van der Waals surface area contributed by atoms with E-state index in [2.05, 4.69) is 32.1 Å². The van der Waals surface area contributed by atoms with E-state index >= 15 is 0 Å². The van der Waals surface area contributed by atoms with Crippen LogP contribution in [0.15, 0.2) is 46.9 Å². The molecule has 162 valence electrons. The minimum atomic E-state index is -0.294. The quantitative estimate of drug-likeness (QED) is 0.548. The van der Waals surface area contributed by atoms with Gasteiger partial charge in [0.1, 0.15) is 5.52 Å². The lowest BCUT2D eigenvalue weighted by Gasteiger charge is -2.30. The van der Waals surface area contributed by atoms with Gasteiger partial charge >= 0.3 is 0 Å². The molecular weight excluding hydrogens is 394 g/mol. The Kier molecular flexibility index (Phi) is 6.06. The van der Waals surface area contributed by atoms with Gasteiger partial charge in [0.15, 0.2) is 5.58 Å². The van der Waals surface area contributed by atoms with Gasteiger partial charge in [-0.3, -0.25) is 20.4 Å². The van der Waals surface area contributed by atoms with Crippen LogP contribution in [0.25, 0.3) is 11.1 Å². The fraction of sp³-hybridized carbons (Fsp3) is 0.348. The van der Waals surface area contributed by atoms with Crippen LogP contribution in [0.5, 0.6) is 0 Å². The maximum atomic E-state index is 12.4. The van der Waals surface area contributed by atoms with Crippen molar-refractivity contribution < 1.29 is 14.0 Å². The van der Waals surface area contributed by atoms with Gasteiger partial charge in [-0.15, -0.1) is 0 Å². The number of carbonyl (C=O) groups excluding carboxylic acids is 2. The molecule has 8 nitrogen and oxygen atoms in total. The lowest BCUT2D eigenvalue weighted by Crippen LogP contribution is -2.48. The number of hydrogen-bond acceptors (Lipinski definition) is 6. The van der Waals surface area contributed by atoms with E-state index in [0.717, 1.165) is 22.4 Å². The van der Waals surface area contributed by atoms with E-state index < -0.39 is 0 Å². The van der Waals surface area contributed by atoms with Gasteiger partial charge in [-0.25, -0.2) is 0 Å². The number of rotatable bonds is 5. The second-order valence-electron chi connectivity index (χ2n) is 7.93. The number of carbonyl (C=O) groups is 2. The third-order valence-electron chi connectivity index (χ3n) is 5.57. The zero-order valence-electron chi connectivity index (χ0n) is 17.8. The summed E-state index contributed by atoms with van der Waals surface area (Å²) in [5, 5.41) is 3.09. The van der Waals surface area contributed by atoms with Crippen molar-refractivity contribution in [3.63, 3.8) is 0 Å². The summed E-state index contributed by atoms with van der Waals surface area (Å²) in [6.07, 6.45) is 1.34. The van der Waals surface area contributed by atoms with Crippen LogP contribution >= 0.6 is 0 Å². The van der Waals surface area contributed by atoms with Gasteiger partial charge in [-0.05, 0) is 50.5 Å². The van der Waals surface area contributed by atoms with Crippen molar-refractivity contribution in [2.24, 2.45) is 5.92 Å². The summed E-state index contributed by atoms with van der Waals surface area (Å²) in [4.78, 5) is 31.1. The van der Waals surface area contributed by atoms with Crippen molar-refractivity contribution in [3.8, 4) is 0 Å². The number of hydrogen-bond donors (Lipinski definition) is 3. The zero-order valence-corrected chi connectivity index (χ0v) is 17.8. The monoisotopic (exact) mass is 421 g/mol. The first kappa shape index (κ1) is 20.7. The number of nitrogens with zero attached hydrogens (tertiary/aromatic N) is 2. The third kappa shape index (κ3) is 4.96. The Morgan fingerprint density at radius 2 is 1.87 bits per heavy atom. The van der Waals surface area contributed by atoms with E-state index in [1.54, 1.807) is 0 Å². The van der Waals surface area contributed by atoms with Crippen molar-refractivity contribution in [1.29, 1.82) is 0 Å².